The predicted molar refractivity (Wildman–Crippen MR) is 170 cm³/mol. The Balaban J connectivity index is 1.32. The molecule has 0 spiro atoms. The lowest BCUT2D eigenvalue weighted by atomic mass is 9.47. The van der Waals surface area contributed by atoms with Gasteiger partial charge in [0.2, 0.25) is 0 Å². The van der Waals surface area contributed by atoms with Gasteiger partial charge in [-0.3, -0.25) is 4.79 Å². The summed E-state index contributed by atoms with van der Waals surface area (Å²) in [5, 5.41) is 0. The molecule has 4 rings (SSSR count). The summed E-state index contributed by atoms with van der Waals surface area (Å²) in [6, 6.07) is 0. The summed E-state index contributed by atoms with van der Waals surface area (Å²) in [6.45, 7) is 17.4. The van der Waals surface area contributed by atoms with E-state index in [1.165, 1.54) is 89.9 Å². The highest BCUT2D eigenvalue weighted by atomic mass is 16.5. The molecule has 3 saturated carbocycles. The van der Waals surface area contributed by atoms with Gasteiger partial charge in [0.05, 0.1) is 0 Å². The normalized spacial score (nSPS) is 36.8. The van der Waals surface area contributed by atoms with Crippen LogP contribution in [0.2, 0.25) is 0 Å². The third kappa shape index (κ3) is 6.88. The molecule has 0 aromatic rings. The van der Waals surface area contributed by atoms with Crippen LogP contribution in [0.25, 0.3) is 0 Å². The zero-order chi connectivity index (χ0) is 28.9. The summed E-state index contributed by atoms with van der Waals surface area (Å²) >= 11 is 0. The zero-order valence-electron chi connectivity index (χ0n) is 27.7. The van der Waals surface area contributed by atoms with E-state index in [1.807, 2.05) is 0 Å². The monoisotopic (exact) mass is 555 g/mol. The van der Waals surface area contributed by atoms with Crippen molar-refractivity contribution in [2.45, 2.75) is 170 Å². The molecular formula is C38H66O2. The number of unbranched alkanes of at least 4 members (excludes halogenated alkanes) is 5. The Kier molecular flexibility index (Phi) is 11.3. The molecule has 9 unspecified atom stereocenters. The molecule has 4 aliphatic carbocycles. The third-order valence-corrected chi connectivity index (χ3v) is 13.3. The molecule has 3 fully saturated rings. The predicted octanol–water partition coefficient (Wildman–Crippen LogP) is 11.3. The smallest absolute Gasteiger partial charge is 0.306 e. The van der Waals surface area contributed by atoms with Crippen LogP contribution in [0.5, 0.6) is 0 Å². The number of hydrogen-bond acceptors (Lipinski definition) is 2. The largest absolute Gasteiger partial charge is 0.462 e. The third-order valence-electron chi connectivity index (χ3n) is 13.3. The molecule has 0 saturated heterocycles. The van der Waals surface area contributed by atoms with E-state index < -0.39 is 0 Å². The van der Waals surface area contributed by atoms with Crippen molar-refractivity contribution in [3.8, 4) is 0 Å². The number of rotatable bonds is 14. The molecule has 0 radical (unpaired) electrons. The molecule has 40 heavy (non-hydrogen) atoms. The van der Waals surface area contributed by atoms with Gasteiger partial charge in [0.15, 0.2) is 0 Å². The minimum Gasteiger partial charge on any atom is -0.462 e. The van der Waals surface area contributed by atoms with Crippen molar-refractivity contribution in [1.82, 2.24) is 0 Å². The summed E-state index contributed by atoms with van der Waals surface area (Å²) in [4.78, 5) is 12.6. The number of ether oxygens (including phenoxy) is 1. The molecule has 0 N–H and O–H groups in total. The second-order valence-electron chi connectivity index (χ2n) is 15.8. The fourth-order valence-corrected chi connectivity index (χ4v) is 10.7. The summed E-state index contributed by atoms with van der Waals surface area (Å²) in [5.41, 5.74) is 2.52. The Morgan fingerprint density at radius 2 is 1.68 bits per heavy atom. The average Bonchev–Trinajstić information content (AvgIpc) is 3.28. The maximum Gasteiger partial charge on any atom is 0.306 e. The second-order valence-corrected chi connectivity index (χ2v) is 15.8. The van der Waals surface area contributed by atoms with E-state index in [-0.39, 0.29) is 12.1 Å². The van der Waals surface area contributed by atoms with E-state index in [4.69, 9.17) is 4.74 Å². The first kappa shape index (κ1) is 32.1. The molecule has 0 heterocycles. The highest BCUT2D eigenvalue weighted by Gasteiger charge is 2.59. The summed E-state index contributed by atoms with van der Waals surface area (Å²) in [7, 11) is 0. The van der Waals surface area contributed by atoms with Gasteiger partial charge < -0.3 is 4.74 Å². The Bertz CT molecular complexity index is 842. The number of fused-ring (bicyclic) bond motifs is 5. The SMILES string of the molecule is CCCCCCCCC(=O)OC1CCC2(C)C(=CCC3C2CCC2(C)C(C(C)CCC(CC)C(C)C)CCC32)C1. The maximum absolute atomic E-state index is 12.6. The van der Waals surface area contributed by atoms with Crippen LogP contribution in [-0.4, -0.2) is 12.1 Å². The maximum atomic E-state index is 12.6. The van der Waals surface area contributed by atoms with Crippen molar-refractivity contribution in [1.29, 1.82) is 0 Å². The van der Waals surface area contributed by atoms with E-state index >= 15 is 0 Å². The van der Waals surface area contributed by atoms with Crippen LogP contribution >= 0.6 is 0 Å². The molecule has 0 amide bonds. The van der Waals surface area contributed by atoms with Crippen molar-refractivity contribution in [2.75, 3.05) is 0 Å². The van der Waals surface area contributed by atoms with Crippen LogP contribution in [0.3, 0.4) is 0 Å². The Hall–Kier alpha value is -0.790. The van der Waals surface area contributed by atoms with E-state index in [9.17, 15) is 4.79 Å². The zero-order valence-corrected chi connectivity index (χ0v) is 27.7. The van der Waals surface area contributed by atoms with Gasteiger partial charge in [0.1, 0.15) is 6.10 Å². The lowest BCUT2D eigenvalue weighted by Crippen LogP contribution is -2.51. The Morgan fingerprint density at radius 1 is 0.925 bits per heavy atom. The number of carbonyl (C=O) groups is 1. The molecule has 9 atom stereocenters. The molecule has 2 heteroatoms. The van der Waals surface area contributed by atoms with Crippen molar-refractivity contribution in [3.63, 3.8) is 0 Å². The fourth-order valence-electron chi connectivity index (χ4n) is 10.7. The van der Waals surface area contributed by atoms with Crippen molar-refractivity contribution in [2.24, 2.45) is 52.3 Å². The minimum atomic E-state index is 0.0524. The van der Waals surface area contributed by atoms with Crippen molar-refractivity contribution >= 4 is 5.97 Å². The van der Waals surface area contributed by atoms with Gasteiger partial charge in [-0.1, -0.05) is 105 Å². The first-order valence-corrected chi connectivity index (χ1v) is 18.0. The van der Waals surface area contributed by atoms with Gasteiger partial charge in [-0.2, -0.15) is 0 Å². The Labute approximate surface area is 249 Å². The number of esters is 1. The molecule has 0 aromatic heterocycles. The van der Waals surface area contributed by atoms with Gasteiger partial charge in [-0.25, -0.2) is 0 Å². The van der Waals surface area contributed by atoms with Crippen LogP contribution in [0.4, 0.5) is 0 Å². The number of carbonyl (C=O) groups excluding carboxylic acids is 1. The lowest BCUT2D eigenvalue weighted by Gasteiger charge is -2.58. The van der Waals surface area contributed by atoms with E-state index in [1.54, 1.807) is 5.57 Å². The highest BCUT2D eigenvalue weighted by Crippen LogP contribution is 2.67. The first-order valence-electron chi connectivity index (χ1n) is 18.0. The van der Waals surface area contributed by atoms with Crippen LogP contribution in [-0.2, 0) is 9.53 Å². The molecule has 0 aromatic carbocycles. The molecule has 230 valence electrons. The van der Waals surface area contributed by atoms with Crippen LogP contribution < -0.4 is 0 Å². The molecule has 0 aliphatic heterocycles. The van der Waals surface area contributed by atoms with Gasteiger partial charge in [0.25, 0.3) is 0 Å². The van der Waals surface area contributed by atoms with Gasteiger partial charge in [0, 0.05) is 12.8 Å². The molecular weight excluding hydrogens is 488 g/mol. The fraction of sp³-hybridized carbons (Fsp3) is 0.921. The van der Waals surface area contributed by atoms with E-state index in [0.717, 1.165) is 60.7 Å². The summed E-state index contributed by atoms with van der Waals surface area (Å²) in [6.07, 6.45) is 25.2. The van der Waals surface area contributed by atoms with Gasteiger partial charge >= 0.3 is 5.97 Å². The van der Waals surface area contributed by atoms with Crippen molar-refractivity contribution in [3.05, 3.63) is 11.6 Å². The lowest BCUT2D eigenvalue weighted by molar-refractivity contribution is -0.151. The standard InChI is InChI=1S/C38H66O2/c1-8-10-11-12-13-14-15-36(39)40-31-22-24-37(6)30(26-31)18-19-32-34-21-20-33(38(34,7)25-23-35(32)37)28(5)16-17-29(9-2)27(3)4/h18,27-29,31-35H,8-17,19-26H2,1-7H3. The van der Waals surface area contributed by atoms with Gasteiger partial charge in [-0.05, 0) is 110 Å². The van der Waals surface area contributed by atoms with Crippen LogP contribution in [0.1, 0.15) is 164 Å². The molecule has 4 aliphatic rings. The van der Waals surface area contributed by atoms with E-state index in [0.29, 0.717) is 17.3 Å². The van der Waals surface area contributed by atoms with Crippen LogP contribution in [0, 0.1) is 52.3 Å². The summed E-state index contributed by atoms with van der Waals surface area (Å²) in [5.74, 6) is 6.18. The Morgan fingerprint density at radius 3 is 2.40 bits per heavy atom. The van der Waals surface area contributed by atoms with E-state index in [2.05, 4.69) is 54.5 Å². The van der Waals surface area contributed by atoms with Crippen LogP contribution in [0.15, 0.2) is 11.6 Å². The molecule has 2 nitrogen and oxygen atoms in total. The first-order chi connectivity index (χ1) is 19.1. The summed E-state index contributed by atoms with van der Waals surface area (Å²) < 4.78 is 6.06. The average molecular weight is 555 g/mol. The quantitative estimate of drug-likeness (QED) is 0.121. The number of allylic oxidation sites excluding steroid dienone is 1. The topological polar surface area (TPSA) is 26.3 Å². The van der Waals surface area contributed by atoms with Crippen molar-refractivity contribution < 1.29 is 9.53 Å². The molecule has 0 bridgehead atoms. The second kappa shape index (κ2) is 14.1. The highest BCUT2D eigenvalue weighted by molar-refractivity contribution is 5.69. The van der Waals surface area contributed by atoms with Gasteiger partial charge in [-0.15, -0.1) is 0 Å². The minimum absolute atomic E-state index is 0.0524. The number of hydrogen-bond donors (Lipinski definition) is 0.